The summed E-state index contributed by atoms with van der Waals surface area (Å²) in [7, 11) is 1.56. The van der Waals surface area contributed by atoms with Gasteiger partial charge in [-0.25, -0.2) is 4.79 Å². The molecule has 1 aliphatic carbocycles. The van der Waals surface area contributed by atoms with Crippen molar-refractivity contribution >= 4 is 34.9 Å². The summed E-state index contributed by atoms with van der Waals surface area (Å²) in [5, 5.41) is 3.88. The Hall–Kier alpha value is -3.72. The van der Waals surface area contributed by atoms with Crippen molar-refractivity contribution in [2.45, 2.75) is 58.1 Å². The number of Topliss-reactive ketones (excluding diaryl/α,β-unsaturated/α-hetero) is 1. The second-order valence-electron chi connectivity index (χ2n) is 10.8. The zero-order valence-electron chi connectivity index (χ0n) is 22.6. The lowest BCUT2D eigenvalue weighted by Crippen LogP contribution is -2.55. The predicted octanol–water partition coefficient (Wildman–Crippen LogP) is 6.39. The number of rotatable bonds is 7. The minimum Gasteiger partial charge on any atom is -0.493 e. The van der Waals surface area contributed by atoms with Crippen molar-refractivity contribution in [1.82, 2.24) is 14.9 Å². The largest absolute Gasteiger partial charge is 0.493 e. The zero-order valence-corrected chi connectivity index (χ0v) is 23.4. The first kappa shape index (κ1) is 26.9. The number of benzene rings is 1. The van der Waals surface area contributed by atoms with Crippen LogP contribution >= 0.6 is 11.6 Å². The van der Waals surface area contributed by atoms with Gasteiger partial charge in [-0.3, -0.25) is 9.78 Å². The van der Waals surface area contributed by atoms with Crippen molar-refractivity contribution in [3.8, 4) is 22.8 Å². The third kappa shape index (κ3) is 5.54. The van der Waals surface area contributed by atoms with Crippen LogP contribution in [-0.2, 0) is 11.2 Å². The van der Waals surface area contributed by atoms with Crippen LogP contribution in [0, 0.1) is 0 Å². The Morgan fingerprint density at radius 3 is 2.79 bits per heavy atom. The smallest absolute Gasteiger partial charge is 0.410 e. The van der Waals surface area contributed by atoms with Gasteiger partial charge in [0.15, 0.2) is 11.5 Å². The van der Waals surface area contributed by atoms with Gasteiger partial charge in [-0.05, 0) is 58.2 Å². The fraction of sp³-hybridized carbons (Fsp3) is 0.414. The van der Waals surface area contributed by atoms with Crippen molar-refractivity contribution in [3.05, 3.63) is 52.9 Å². The van der Waals surface area contributed by atoms with Crippen LogP contribution in [0.1, 0.15) is 56.1 Å². The van der Waals surface area contributed by atoms with Crippen molar-refractivity contribution < 1.29 is 23.8 Å². The average molecular weight is 553 g/mol. The number of likely N-dealkylation sites (tertiary alicyclic amines) is 1. The van der Waals surface area contributed by atoms with Crippen molar-refractivity contribution in [2.24, 2.45) is 0 Å². The molecule has 1 saturated heterocycles. The van der Waals surface area contributed by atoms with Gasteiger partial charge in [0.1, 0.15) is 18.0 Å². The van der Waals surface area contributed by atoms with Crippen LogP contribution in [0.15, 0.2) is 36.7 Å². The summed E-state index contributed by atoms with van der Waals surface area (Å²) in [5.41, 5.74) is 3.70. The van der Waals surface area contributed by atoms with Gasteiger partial charge in [0.25, 0.3) is 0 Å². The van der Waals surface area contributed by atoms with Crippen molar-refractivity contribution in [2.75, 3.05) is 25.6 Å². The SMILES string of the molecule is COc1c(Cl)cccc1Nc1c(-c2ccncc2OC[C@H]2CCN2C(=O)OC(C)(C)C)[nH]c2c1C(=O)CCC2. The van der Waals surface area contributed by atoms with Crippen LogP contribution in [0.25, 0.3) is 11.3 Å². The number of nitrogens with zero attached hydrogens (tertiary/aromatic N) is 2. The monoisotopic (exact) mass is 552 g/mol. The number of halogens is 1. The number of anilines is 2. The predicted molar refractivity (Wildman–Crippen MR) is 149 cm³/mol. The first-order chi connectivity index (χ1) is 18.7. The van der Waals surface area contributed by atoms with Gasteiger partial charge >= 0.3 is 6.09 Å². The normalized spacial score (nSPS) is 16.8. The fourth-order valence-electron chi connectivity index (χ4n) is 4.94. The molecule has 0 unspecified atom stereocenters. The maximum absolute atomic E-state index is 13.1. The maximum Gasteiger partial charge on any atom is 0.410 e. The topological polar surface area (TPSA) is 106 Å². The number of carbonyl (C=O) groups is 2. The lowest BCUT2D eigenvalue weighted by atomic mass is 9.95. The number of hydrogen-bond donors (Lipinski definition) is 2. The molecule has 2 N–H and O–H groups in total. The molecule has 5 rings (SSSR count). The van der Waals surface area contributed by atoms with Gasteiger partial charge in [-0.2, -0.15) is 0 Å². The number of carbonyl (C=O) groups excluding carboxylic acids is 2. The molecule has 3 aromatic rings. The summed E-state index contributed by atoms with van der Waals surface area (Å²) in [6.45, 7) is 6.47. The number of fused-ring (bicyclic) bond motifs is 1. The van der Waals surface area contributed by atoms with Gasteiger partial charge < -0.3 is 29.4 Å². The second-order valence-corrected chi connectivity index (χ2v) is 11.2. The molecular weight excluding hydrogens is 520 g/mol. The Bertz CT molecular complexity index is 1400. The molecule has 1 amide bonds. The number of ketones is 1. The molecule has 1 aliphatic heterocycles. The van der Waals surface area contributed by atoms with E-state index in [2.05, 4.69) is 15.3 Å². The molecule has 1 fully saturated rings. The minimum atomic E-state index is -0.562. The molecule has 1 atom stereocenters. The molecule has 0 radical (unpaired) electrons. The number of aryl methyl sites for hydroxylation is 1. The second kappa shape index (κ2) is 10.8. The highest BCUT2D eigenvalue weighted by Gasteiger charge is 2.36. The third-order valence-electron chi connectivity index (χ3n) is 6.87. The molecule has 10 heteroatoms. The van der Waals surface area contributed by atoms with E-state index < -0.39 is 5.60 Å². The molecular formula is C29H33ClN4O5. The number of aromatic amines is 1. The summed E-state index contributed by atoms with van der Waals surface area (Å²) >= 11 is 6.38. The Kier molecular flexibility index (Phi) is 7.44. The molecule has 39 heavy (non-hydrogen) atoms. The van der Waals surface area contributed by atoms with Gasteiger partial charge in [-0.1, -0.05) is 17.7 Å². The van der Waals surface area contributed by atoms with Crippen LogP contribution in [0.4, 0.5) is 16.2 Å². The van der Waals surface area contributed by atoms with Crippen LogP contribution in [-0.4, -0.2) is 58.6 Å². The molecule has 0 bridgehead atoms. The number of H-pyrrole nitrogens is 1. The van der Waals surface area contributed by atoms with Gasteiger partial charge in [-0.15, -0.1) is 0 Å². The number of methoxy groups -OCH3 is 1. The van der Waals surface area contributed by atoms with Gasteiger partial charge in [0.05, 0.1) is 47.0 Å². The number of ether oxygens (including phenoxy) is 3. The Morgan fingerprint density at radius 2 is 2.08 bits per heavy atom. The standard InChI is InChI=1S/C29H33ClN4O5/c1-29(2,3)39-28(36)34-14-12-17(34)16-38-23-15-31-13-11-18(23)25-26(24-20(32-25)8-6-10-22(24)35)33-21-9-5-7-19(30)27(21)37-4/h5,7,9,11,13,15,17,32-33H,6,8,10,12,14,16H2,1-4H3/t17-/m1/s1. The van der Waals surface area contributed by atoms with E-state index in [1.165, 1.54) is 0 Å². The Labute approximate surface area is 232 Å². The Morgan fingerprint density at radius 1 is 1.26 bits per heavy atom. The molecule has 1 aromatic carbocycles. The first-order valence-corrected chi connectivity index (χ1v) is 13.5. The van der Waals surface area contributed by atoms with E-state index in [4.69, 9.17) is 25.8 Å². The fourth-order valence-corrected chi connectivity index (χ4v) is 5.19. The van der Waals surface area contributed by atoms with E-state index in [0.717, 1.165) is 30.5 Å². The van der Waals surface area contributed by atoms with Crippen LogP contribution in [0.2, 0.25) is 5.02 Å². The number of para-hydroxylation sites is 1. The molecule has 3 heterocycles. The minimum absolute atomic E-state index is 0.0706. The van der Waals surface area contributed by atoms with E-state index >= 15 is 0 Å². The summed E-state index contributed by atoms with van der Waals surface area (Å²) in [6.07, 6.45) is 5.84. The Balaban J connectivity index is 1.46. The van der Waals surface area contributed by atoms with Crippen LogP contribution in [0.5, 0.6) is 11.5 Å². The molecule has 0 spiro atoms. The lowest BCUT2D eigenvalue weighted by molar-refractivity contribution is -0.0141. The number of aromatic nitrogens is 2. The van der Waals surface area contributed by atoms with Crippen molar-refractivity contribution in [3.63, 3.8) is 0 Å². The molecule has 0 saturated carbocycles. The van der Waals surface area contributed by atoms with Crippen LogP contribution < -0.4 is 14.8 Å². The third-order valence-corrected chi connectivity index (χ3v) is 7.17. The summed E-state index contributed by atoms with van der Waals surface area (Å²) in [6, 6.07) is 7.18. The quantitative estimate of drug-likeness (QED) is 0.350. The van der Waals surface area contributed by atoms with Crippen LogP contribution in [0.3, 0.4) is 0 Å². The highest BCUT2D eigenvalue weighted by atomic mass is 35.5. The molecule has 2 aliphatic rings. The first-order valence-electron chi connectivity index (χ1n) is 13.1. The summed E-state index contributed by atoms with van der Waals surface area (Å²) < 4.78 is 17.3. The average Bonchev–Trinajstić information content (AvgIpc) is 3.22. The van der Waals surface area contributed by atoms with Gasteiger partial charge in [0, 0.05) is 30.4 Å². The summed E-state index contributed by atoms with van der Waals surface area (Å²) in [4.78, 5) is 35.1. The molecule has 9 nitrogen and oxygen atoms in total. The van der Waals surface area contributed by atoms with E-state index in [9.17, 15) is 9.59 Å². The highest BCUT2D eigenvalue weighted by molar-refractivity contribution is 6.32. The molecule has 206 valence electrons. The number of hydrogen-bond acceptors (Lipinski definition) is 7. The highest BCUT2D eigenvalue weighted by Crippen LogP contribution is 2.44. The number of pyridine rings is 1. The van der Waals surface area contributed by atoms with Crippen molar-refractivity contribution in [1.29, 1.82) is 0 Å². The van der Waals surface area contributed by atoms with E-state index in [1.807, 2.05) is 39.0 Å². The van der Waals surface area contributed by atoms with E-state index in [0.29, 0.717) is 58.7 Å². The molecule has 2 aromatic heterocycles. The number of nitrogens with one attached hydrogen (secondary N) is 2. The van der Waals surface area contributed by atoms with Gasteiger partial charge in [0.2, 0.25) is 0 Å². The zero-order chi connectivity index (χ0) is 27.7. The maximum atomic E-state index is 13.1. The lowest BCUT2D eigenvalue weighted by Gasteiger charge is -2.41. The van der Waals surface area contributed by atoms with E-state index in [-0.39, 0.29) is 17.9 Å². The summed E-state index contributed by atoms with van der Waals surface area (Å²) in [5.74, 6) is 1.10. The number of amides is 1. The van der Waals surface area contributed by atoms with E-state index in [1.54, 1.807) is 30.5 Å².